The summed E-state index contributed by atoms with van der Waals surface area (Å²) in [6, 6.07) is 27.2. The Bertz CT molecular complexity index is 1050. The fourth-order valence-corrected chi connectivity index (χ4v) is 3.81. The lowest BCUT2D eigenvalue weighted by atomic mass is 10.1. The lowest BCUT2D eigenvalue weighted by Gasteiger charge is -2.35. The van der Waals surface area contributed by atoms with Crippen LogP contribution in [-0.4, -0.2) is 16.7 Å². The standard InChI is InChI=1S/C23H16N2O2/c26-22-20-15-16-9-7-8-14-19(16)21(20)25(23(22)27)24(17-10-3-1-4-11-17)18-12-5-2-6-13-18/h1-14H,15H2. The summed E-state index contributed by atoms with van der Waals surface area (Å²) < 4.78 is 0. The highest BCUT2D eigenvalue weighted by Crippen LogP contribution is 2.43. The molecular weight excluding hydrogens is 336 g/mol. The van der Waals surface area contributed by atoms with E-state index < -0.39 is 11.7 Å². The molecule has 0 atom stereocenters. The van der Waals surface area contributed by atoms with Crippen LogP contribution in [0, 0.1) is 0 Å². The number of fused-ring (bicyclic) bond motifs is 2. The molecule has 4 nitrogen and oxygen atoms in total. The van der Waals surface area contributed by atoms with Crippen molar-refractivity contribution in [3.05, 3.63) is 102 Å². The van der Waals surface area contributed by atoms with Crippen LogP contribution >= 0.6 is 0 Å². The molecular formula is C23H16N2O2. The average molecular weight is 352 g/mol. The smallest absolute Gasteiger partial charge is 0.283 e. The lowest BCUT2D eigenvalue weighted by molar-refractivity contribution is -0.139. The van der Waals surface area contributed by atoms with Crippen molar-refractivity contribution in [2.24, 2.45) is 0 Å². The van der Waals surface area contributed by atoms with Crippen LogP contribution in [0.2, 0.25) is 0 Å². The Labute approximate surface area is 156 Å². The van der Waals surface area contributed by atoms with Crippen LogP contribution in [0.3, 0.4) is 0 Å². The van der Waals surface area contributed by atoms with Crippen molar-refractivity contribution in [2.45, 2.75) is 6.42 Å². The third-order valence-corrected chi connectivity index (χ3v) is 5.00. The fourth-order valence-electron chi connectivity index (χ4n) is 3.81. The molecule has 3 aromatic carbocycles. The first-order chi connectivity index (χ1) is 13.3. The van der Waals surface area contributed by atoms with Crippen LogP contribution in [-0.2, 0) is 16.0 Å². The SMILES string of the molecule is O=C1C(=O)N(N(c2ccccc2)c2ccccc2)C2=C1Cc1ccccc12. The van der Waals surface area contributed by atoms with Crippen molar-refractivity contribution in [3.63, 3.8) is 0 Å². The van der Waals surface area contributed by atoms with Crippen molar-refractivity contribution < 1.29 is 9.59 Å². The molecule has 0 saturated carbocycles. The molecule has 0 bridgehead atoms. The molecule has 27 heavy (non-hydrogen) atoms. The maximum absolute atomic E-state index is 13.0. The lowest BCUT2D eigenvalue weighted by Crippen LogP contribution is -2.42. The molecule has 0 unspecified atom stereocenters. The summed E-state index contributed by atoms with van der Waals surface area (Å²) in [5.41, 5.74) is 4.95. The van der Waals surface area contributed by atoms with Gasteiger partial charge in [0, 0.05) is 17.6 Å². The largest absolute Gasteiger partial charge is 0.318 e. The summed E-state index contributed by atoms with van der Waals surface area (Å²) in [5.74, 6) is -0.930. The monoisotopic (exact) mass is 352 g/mol. The first-order valence-electron chi connectivity index (χ1n) is 8.86. The maximum Gasteiger partial charge on any atom is 0.318 e. The van der Waals surface area contributed by atoms with Gasteiger partial charge < -0.3 is 0 Å². The van der Waals surface area contributed by atoms with Crippen LogP contribution in [0.5, 0.6) is 0 Å². The zero-order valence-electron chi connectivity index (χ0n) is 14.5. The number of carbonyl (C=O) groups excluding carboxylic acids is 2. The number of benzene rings is 3. The molecule has 0 aromatic heterocycles. The number of carbonyl (C=O) groups is 2. The van der Waals surface area contributed by atoms with Crippen LogP contribution in [0.4, 0.5) is 11.4 Å². The predicted molar refractivity (Wildman–Crippen MR) is 104 cm³/mol. The normalized spacial score (nSPS) is 15.2. The molecule has 1 heterocycles. The summed E-state index contributed by atoms with van der Waals surface area (Å²) in [4.78, 5) is 25.8. The molecule has 1 amide bonds. The topological polar surface area (TPSA) is 40.6 Å². The number of anilines is 2. The van der Waals surface area contributed by atoms with Gasteiger partial charge in [-0.1, -0.05) is 60.7 Å². The van der Waals surface area contributed by atoms with E-state index in [1.807, 2.05) is 89.9 Å². The third-order valence-electron chi connectivity index (χ3n) is 5.00. The highest BCUT2D eigenvalue weighted by molar-refractivity contribution is 6.49. The first-order valence-corrected chi connectivity index (χ1v) is 8.86. The molecule has 0 saturated heterocycles. The highest BCUT2D eigenvalue weighted by atomic mass is 16.2. The Morgan fingerprint density at radius 1 is 0.704 bits per heavy atom. The first kappa shape index (κ1) is 15.6. The Hall–Kier alpha value is -3.66. The number of amides is 1. The zero-order valence-corrected chi connectivity index (χ0v) is 14.5. The number of para-hydroxylation sites is 2. The molecule has 0 N–H and O–H groups in total. The Morgan fingerprint density at radius 2 is 1.26 bits per heavy atom. The van der Waals surface area contributed by atoms with Gasteiger partial charge in [0.05, 0.1) is 17.1 Å². The molecule has 0 radical (unpaired) electrons. The molecule has 4 heteroatoms. The van der Waals surface area contributed by atoms with Gasteiger partial charge in [0.2, 0.25) is 0 Å². The van der Waals surface area contributed by atoms with Crippen LogP contribution in [0.15, 0.2) is 90.5 Å². The van der Waals surface area contributed by atoms with E-state index in [1.54, 1.807) is 0 Å². The molecule has 130 valence electrons. The second-order valence-electron chi connectivity index (χ2n) is 6.59. The number of rotatable bonds is 3. The van der Waals surface area contributed by atoms with Gasteiger partial charge in [0.25, 0.3) is 5.78 Å². The van der Waals surface area contributed by atoms with Crippen molar-refractivity contribution >= 4 is 28.8 Å². The Morgan fingerprint density at radius 3 is 1.89 bits per heavy atom. The minimum Gasteiger partial charge on any atom is -0.283 e. The number of nitrogens with zero attached hydrogens (tertiary/aromatic N) is 2. The van der Waals surface area contributed by atoms with E-state index in [4.69, 9.17) is 0 Å². The Balaban J connectivity index is 1.72. The van der Waals surface area contributed by atoms with Crippen LogP contribution in [0.25, 0.3) is 5.70 Å². The third kappa shape index (κ3) is 2.30. The van der Waals surface area contributed by atoms with Crippen molar-refractivity contribution in [3.8, 4) is 0 Å². The zero-order chi connectivity index (χ0) is 18.4. The quantitative estimate of drug-likeness (QED) is 0.666. The molecule has 0 fully saturated rings. The summed E-state index contributed by atoms with van der Waals surface area (Å²) in [5, 5.41) is 3.36. The summed E-state index contributed by atoms with van der Waals surface area (Å²) >= 11 is 0. The van der Waals surface area contributed by atoms with Crippen molar-refractivity contribution in [2.75, 3.05) is 5.01 Å². The van der Waals surface area contributed by atoms with Gasteiger partial charge in [-0.05, 0) is 29.8 Å². The maximum atomic E-state index is 13.0. The van der Waals surface area contributed by atoms with E-state index in [-0.39, 0.29) is 0 Å². The van der Waals surface area contributed by atoms with Crippen molar-refractivity contribution in [1.29, 1.82) is 0 Å². The van der Waals surface area contributed by atoms with Gasteiger partial charge in [-0.3, -0.25) is 9.59 Å². The Kier molecular flexibility index (Phi) is 3.44. The van der Waals surface area contributed by atoms with Gasteiger partial charge in [-0.25, -0.2) is 10.0 Å². The minimum absolute atomic E-state index is 0.418. The van der Waals surface area contributed by atoms with E-state index >= 15 is 0 Å². The number of Topliss-reactive ketones (excluding diaryl/α,β-unsaturated/α-hetero) is 1. The number of hydrazine groups is 1. The minimum atomic E-state index is -0.512. The van der Waals surface area contributed by atoms with E-state index in [0.29, 0.717) is 17.7 Å². The number of hydrogen-bond acceptors (Lipinski definition) is 3. The van der Waals surface area contributed by atoms with E-state index in [9.17, 15) is 9.59 Å². The molecule has 2 aliphatic rings. The van der Waals surface area contributed by atoms with Gasteiger partial charge in [0.1, 0.15) is 0 Å². The van der Waals surface area contributed by atoms with Crippen LogP contribution in [0.1, 0.15) is 11.1 Å². The molecule has 1 aliphatic carbocycles. The van der Waals surface area contributed by atoms with Gasteiger partial charge >= 0.3 is 5.91 Å². The average Bonchev–Trinajstić information content (AvgIpc) is 3.21. The van der Waals surface area contributed by atoms with Gasteiger partial charge in [-0.15, -0.1) is 0 Å². The summed E-state index contributed by atoms with van der Waals surface area (Å²) in [6.45, 7) is 0. The molecule has 3 aromatic rings. The fraction of sp³-hybridized carbons (Fsp3) is 0.0435. The van der Waals surface area contributed by atoms with Gasteiger partial charge in [0.15, 0.2) is 0 Å². The molecule has 1 aliphatic heterocycles. The second kappa shape index (κ2) is 5.95. The van der Waals surface area contributed by atoms with E-state index in [0.717, 1.165) is 22.5 Å². The second-order valence-corrected chi connectivity index (χ2v) is 6.59. The van der Waals surface area contributed by atoms with E-state index in [2.05, 4.69) is 0 Å². The van der Waals surface area contributed by atoms with E-state index in [1.165, 1.54) is 5.01 Å². The van der Waals surface area contributed by atoms with Crippen molar-refractivity contribution in [1.82, 2.24) is 5.01 Å². The molecule has 0 spiro atoms. The van der Waals surface area contributed by atoms with Gasteiger partial charge in [-0.2, -0.15) is 0 Å². The molecule has 5 rings (SSSR count). The predicted octanol–water partition coefficient (Wildman–Crippen LogP) is 4.12. The van der Waals surface area contributed by atoms with Crippen LogP contribution < -0.4 is 5.01 Å². The summed E-state index contributed by atoms with van der Waals surface area (Å²) in [6.07, 6.45) is 0.504. The number of hydrogen-bond donors (Lipinski definition) is 0. The summed E-state index contributed by atoms with van der Waals surface area (Å²) in [7, 11) is 0. The number of ketones is 1. The highest BCUT2D eigenvalue weighted by Gasteiger charge is 2.46.